The van der Waals surface area contributed by atoms with Crippen molar-refractivity contribution in [1.82, 2.24) is 9.97 Å². The van der Waals surface area contributed by atoms with E-state index in [1.807, 2.05) is 0 Å². The van der Waals surface area contributed by atoms with Crippen LogP contribution < -0.4 is 9.47 Å². The molecule has 5 nitrogen and oxygen atoms in total. The van der Waals surface area contributed by atoms with Crippen LogP contribution in [0.1, 0.15) is 5.82 Å². The number of benzene rings is 1. The number of ether oxygens (including phenoxy) is 2. The number of methoxy groups -OCH3 is 2. The molecule has 2 rings (SSSR count). The Hall–Kier alpha value is -1.75. The summed E-state index contributed by atoms with van der Waals surface area (Å²) in [7, 11) is 3.16. The van der Waals surface area contributed by atoms with Crippen molar-refractivity contribution >= 4 is 11.0 Å². The van der Waals surface area contributed by atoms with E-state index in [9.17, 15) is 0 Å². The molecule has 2 aromatic rings. The molecule has 0 saturated heterocycles. The van der Waals surface area contributed by atoms with E-state index in [4.69, 9.17) is 14.6 Å². The Morgan fingerprint density at radius 2 is 1.93 bits per heavy atom. The first-order valence-corrected chi connectivity index (χ1v) is 4.50. The van der Waals surface area contributed by atoms with Crippen LogP contribution in [0, 0.1) is 0 Å². The lowest BCUT2D eigenvalue weighted by atomic mass is 10.2. The topological polar surface area (TPSA) is 67.4 Å². The Morgan fingerprint density at radius 3 is 2.53 bits per heavy atom. The van der Waals surface area contributed by atoms with Crippen molar-refractivity contribution in [2.24, 2.45) is 0 Å². The fraction of sp³-hybridized carbons (Fsp3) is 0.300. The number of nitrogens with one attached hydrogen (secondary N) is 1. The van der Waals surface area contributed by atoms with Gasteiger partial charge in [-0.25, -0.2) is 4.98 Å². The molecule has 15 heavy (non-hydrogen) atoms. The van der Waals surface area contributed by atoms with E-state index in [1.165, 1.54) is 0 Å². The molecule has 0 aliphatic rings. The number of aromatic amines is 1. The predicted octanol–water partition coefficient (Wildman–Crippen LogP) is 1.07. The normalized spacial score (nSPS) is 10.6. The van der Waals surface area contributed by atoms with E-state index in [2.05, 4.69) is 9.97 Å². The maximum Gasteiger partial charge on any atom is 0.146 e. The largest absolute Gasteiger partial charge is 0.494 e. The first-order valence-electron chi connectivity index (χ1n) is 4.50. The minimum Gasteiger partial charge on any atom is -0.494 e. The van der Waals surface area contributed by atoms with Gasteiger partial charge < -0.3 is 19.6 Å². The molecular weight excluding hydrogens is 196 g/mol. The standard InChI is InChI=1S/C10H12N2O3/c1-14-6-3-4-7(15-2)10-9(6)11-8(5-13)12-10/h3-4,13H,5H2,1-2H3,(H,11,12). The van der Waals surface area contributed by atoms with Crippen molar-refractivity contribution in [3.05, 3.63) is 18.0 Å². The SMILES string of the molecule is COc1ccc(OC)c2[nH]c(CO)nc12. The Balaban J connectivity index is 2.71. The lowest BCUT2D eigenvalue weighted by Gasteiger charge is -2.04. The summed E-state index contributed by atoms with van der Waals surface area (Å²) in [6, 6.07) is 3.57. The molecule has 80 valence electrons. The van der Waals surface area contributed by atoms with Gasteiger partial charge in [0.25, 0.3) is 0 Å². The quantitative estimate of drug-likeness (QED) is 0.791. The van der Waals surface area contributed by atoms with Crippen molar-refractivity contribution < 1.29 is 14.6 Å². The van der Waals surface area contributed by atoms with E-state index < -0.39 is 0 Å². The number of imidazole rings is 1. The monoisotopic (exact) mass is 208 g/mol. The van der Waals surface area contributed by atoms with Crippen LogP contribution in [0.25, 0.3) is 11.0 Å². The van der Waals surface area contributed by atoms with E-state index in [-0.39, 0.29) is 6.61 Å². The second-order valence-electron chi connectivity index (χ2n) is 3.04. The van der Waals surface area contributed by atoms with Gasteiger partial charge in [-0.3, -0.25) is 0 Å². The Labute approximate surface area is 86.7 Å². The van der Waals surface area contributed by atoms with Crippen LogP contribution in [-0.4, -0.2) is 29.3 Å². The van der Waals surface area contributed by atoms with Crippen LogP contribution in [0.5, 0.6) is 11.5 Å². The molecule has 0 aliphatic heterocycles. The maximum atomic E-state index is 8.99. The maximum absolute atomic E-state index is 8.99. The molecule has 0 fully saturated rings. The first kappa shape index (κ1) is 9.79. The summed E-state index contributed by atoms with van der Waals surface area (Å²) in [5.41, 5.74) is 1.40. The summed E-state index contributed by atoms with van der Waals surface area (Å²) >= 11 is 0. The van der Waals surface area contributed by atoms with Crippen molar-refractivity contribution in [3.63, 3.8) is 0 Å². The number of nitrogens with zero attached hydrogens (tertiary/aromatic N) is 1. The van der Waals surface area contributed by atoms with Crippen LogP contribution in [0.4, 0.5) is 0 Å². The third-order valence-corrected chi connectivity index (χ3v) is 2.21. The number of fused-ring (bicyclic) bond motifs is 1. The van der Waals surface area contributed by atoms with Crippen LogP contribution >= 0.6 is 0 Å². The Bertz CT molecular complexity index is 438. The highest BCUT2D eigenvalue weighted by Crippen LogP contribution is 2.30. The number of hydrogen-bond donors (Lipinski definition) is 2. The molecular formula is C10H12N2O3. The second kappa shape index (κ2) is 3.78. The summed E-state index contributed by atoms with van der Waals surface area (Å²) < 4.78 is 10.3. The highest BCUT2D eigenvalue weighted by molar-refractivity contribution is 5.87. The smallest absolute Gasteiger partial charge is 0.146 e. The average molecular weight is 208 g/mol. The summed E-state index contributed by atoms with van der Waals surface area (Å²) in [6.07, 6.45) is 0. The molecule has 1 aromatic carbocycles. The van der Waals surface area contributed by atoms with Gasteiger partial charge in [-0.05, 0) is 12.1 Å². The van der Waals surface area contributed by atoms with Crippen LogP contribution in [0.2, 0.25) is 0 Å². The molecule has 0 radical (unpaired) electrons. The minimum absolute atomic E-state index is 0.138. The van der Waals surface area contributed by atoms with E-state index in [0.717, 1.165) is 5.52 Å². The number of H-pyrrole nitrogens is 1. The number of aromatic nitrogens is 2. The number of hydrogen-bond acceptors (Lipinski definition) is 4. The van der Waals surface area contributed by atoms with Gasteiger partial charge in [0.2, 0.25) is 0 Å². The fourth-order valence-corrected chi connectivity index (χ4v) is 1.50. The molecule has 2 N–H and O–H groups in total. The highest BCUT2D eigenvalue weighted by atomic mass is 16.5. The molecule has 5 heteroatoms. The summed E-state index contributed by atoms with van der Waals surface area (Å²) in [6.45, 7) is -0.138. The van der Waals surface area contributed by atoms with Gasteiger partial charge in [-0.1, -0.05) is 0 Å². The lowest BCUT2D eigenvalue weighted by Crippen LogP contribution is -1.88. The molecule has 0 atom stereocenters. The van der Waals surface area contributed by atoms with Gasteiger partial charge >= 0.3 is 0 Å². The lowest BCUT2D eigenvalue weighted by molar-refractivity contribution is 0.273. The summed E-state index contributed by atoms with van der Waals surface area (Å²) in [4.78, 5) is 7.17. The van der Waals surface area contributed by atoms with Gasteiger partial charge in [0.1, 0.15) is 35.0 Å². The van der Waals surface area contributed by atoms with E-state index in [1.54, 1.807) is 26.4 Å². The molecule has 0 unspecified atom stereocenters. The molecule has 0 amide bonds. The molecule has 0 saturated carbocycles. The molecule has 1 heterocycles. The van der Waals surface area contributed by atoms with E-state index >= 15 is 0 Å². The third kappa shape index (κ3) is 1.50. The zero-order valence-corrected chi connectivity index (χ0v) is 8.57. The molecule has 0 bridgehead atoms. The highest BCUT2D eigenvalue weighted by Gasteiger charge is 2.11. The van der Waals surface area contributed by atoms with Crippen LogP contribution in [0.3, 0.4) is 0 Å². The molecule has 1 aromatic heterocycles. The van der Waals surface area contributed by atoms with Crippen molar-refractivity contribution in [2.45, 2.75) is 6.61 Å². The number of aliphatic hydroxyl groups is 1. The molecule has 0 spiro atoms. The van der Waals surface area contributed by atoms with Gasteiger partial charge in [-0.15, -0.1) is 0 Å². The Morgan fingerprint density at radius 1 is 1.27 bits per heavy atom. The summed E-state index contributed by atoms with van der Waals surface area (Å²) in [5.74, 6) is 1.83. The zero-order chi connectivity index (χ0) is 10.8. The van der Waals surface area contributed by atoms with E-state index in [0.29, 0.717) is 22.8 Å². The van der Waals surface area contributed by atoms with Gasteiger partial charge in [0.05, 0.1) is 14.2 Å². The molecule has 0 aliphatic carbocycles. The second-order valence-corrected chi connectivity index (χ2v) is 3.04. The van der Waals surface area contributed by atoms with Gasteiger partial charge in [0.15, 0.2) is 0 Å². The van der Waals surface area contributed by atoms with Gasteiger partial charge in [0, 0.05) is 0 Å². The van der Waals surface area contributed by atoms with Crippen LogP contribution in [-0.2, 0) is 6.61 Å². The van der Waals surface area contributed by atoms with Crippen LogP contribution in [0.15, 0.2) is 12.1 Å². The third-order valence-electron chi connectivity index (χ3n) is 2.21. The number of rotatable bonds is 3. The van der Waals surface area contributed by atoms with Crippen molar-refractivity contribution in [3.8, 4) is 11.5 Å². The fourth-order valence-electron chi connectivity index (χ4n) is 1.50. The minimum atomic E-state index is -0.138. The Kier molecular flexibility index (Phi) is 2.47. The number of aliphatic hydroxyl groups excluding tert-OH is 1. The van der Waals surface area contributed by atoms with Crippen molar-refractivity contribution in [2.75, 3.05) is 14.2 Å². The average Bonchev–Trinajstić information content (AvgIpc) is 2.71. The first-order chi connectivity index (χ1) is 7.30. The summed E-state index contributed by atoms with van der Waals surface area (Å²) in [5, 5.41) is 8.99. The zero-order valence-electron chi connectivity index (χ0n) is 8.57. The van der Waals surface area contributed by atoms with Crippen molar-refractivity contribution in [1.29, 1.82) is 0 Å². The predicted molar refractivity (Wildman–Crippen MR) is 55.1 cm³/mol. The van der Waals surface area contributed by atoms with Gasteiger partial charge in [-0.2, -0.15) is 0 Å².